The van der Waals surface area contributed by atoms with E-state index in [1.807, 2.05) is 0 Å². The van der Waals surface area contributed by atoms with E-state index in [0.717, 1.165) is 6.26 Å². The summed E-state index contributed by atoms with van der Waals surface area (Å²) in [5.41, 5.74) is -0.192. The lowest BCUT2D eigenvalue weighted by atomic mass is 10.3. The van der Waals surface area contributed by atoms with Gasteiger partial charge in [0.25, 0.3) is 0 Å². The second-order valence-corrected chi connectivity index (χ2v) is 5.89. The molecule has 104 valence electrons. The van der Waals surface area contributed by atoms with Crippen molar-refractivity contribution in [2.45, 2.75) is 4.90 Å². The van der Waals surface area contributed by atoms with Gasteiger partial charge < -0.3 is 9.84 Å². The maximum absolute atomic E-state index is 11.3. The van der Waals surface area contributed by atoms with Crippen LogP contribution < -0.4 is 4.74 Å². The fourth-order valence-electron chi connectivity index (χ4n) is 1.37. The quantitative estimate of drug-likeness (QED) is 0.907. The summed E-state index contributed by atoms with van der Waals surface area (Å²) in [6.45, 7) is 0. The van der Waals surface area contributed by atoms with E-state index < -0.39 is 15.8 Å². The van der Waals surface area contributed by atoms with Gasteiger partial charge in [-0.15, -0.1) is 0 Å². The van der Waals surface area contributed by atoms with Crippen LogP contribution in [0.3, 0.4) is 0 Å². The summed E-state index contributed by atoms with van der Waals surface area (Å²) in [7, 11) is -3.27. The molecule has 2 aromatic rings. The van der Waals surface area contributed by atoms with Crippen LogP contribution in [0.25, 0.3) is 0 Å². The molecule has 1 aromatic heterocycles. The highest BCUT2D eigenvalue weighted by atomic mass is 32.2. The molecule has 0 unspecified atom stereocenters. The molecule has 0 radical (unpaired) electrons. The zero-order valence-electron chi connectivity index (χ0n) is 10.3. The van der Waals surface area contributed by atoms with Gasteiger partial charge in [0, 0.05) is 12.5 Å². The lowest BCUT2D eigenvalue weighted by Crippen LogP contribution is -2.02. The van der Waals surface area contributed by atoms with Crippen LogP contribution in [-0.2, 0) is 9.84 Å². The van der Waals surface area contributed by atoms with Crippen LogP contribution in [0.15, 0.2) is 41.4 Å². The van der Waals surface area contributed by atoms with Crippen LogP contribution in [0.2, 0.25) is 0 Å². The number of sulfone groups is 1. The molecule has 8 heteroatoms. The smallest absolute Gasteiger partial charge is 0.354 e. The van der Waals surface area contributed by atoms with Gasteiger partial charge in [0.2, 0.25) is 0 Å². The third kappa shape index (κ3) is 3.29. The molecule has 1 heterocycles. The minimum Gasteiger partial charge on any atom is -0.477 e. The van der Waals surface area contributed by atoms with E-state index in [2.05, 4.69) is 9.97 Å². The molecule has 20 heavy (non-hydrogen) atoms. The molecule has 0 aliphatic heterocycles. The van der Waals surface area contributed by atoms with Crippen molar-refractivity contribution in [1.82, 2.24) is 9.97 Å². The molecule has 0 saturated heterocycles. The van der Waals surface area contributed by atoms with E-state index in [4.69, 9.17) is 9.84 Å². The van der Waals surface area contributed by atoms with Gasteiger partial charge in [0.05, 0.1) is 4.90 Å². The maximum atomic E-state index is 11.3. The van der Waals surface area contributed by atoms with Gasteiger partial charge in [-0.3, -0.25) is 0 Å². The van der Waals surface area contributed by atoms with Gasteiger partial charge in [-0.1, -0.05) is 0 Å². The highest BCUT2D eigenvalue weighted by Gasteiger charge is 2.09. The Morgan fingerprint density at radius 1 is 1.20 bits per heavy atom. The van der Waals surface area contributed by atoms with Crippen molar-refractivity contribution in [3.8, 4) is 11.8 Å². The highest BCUT2D eigenvalue weighted by Crippen LogP contribution is 2.20. The van der Waals surface area contributed by atoms with Crippen molar-refractivity contribution in [2.24, 2.45) is 0 Å². The molecule has 0 aliphatic rings. The summed E-state index contributed by atoms with van der Waals surface area (Å²) in [6, 6.07) is 6.75. The molecule has 7 nitrogen and oxygen atoms in total. The first kappa shape index (κ1) is 13.9. The average molecular weight is 294 g/mol. The highest BCUT2D eigenvalue weighted by molar-refractivity contribution is 7.90. The predicted molar refractivity (Wildman–Crippen MR) is 68.6 cm³/mol. The monoisotopic (exact) mass is 294 g/mol. The molecule has 1 N–H and O–H groups in total. The minimum atomic E-state index is -3.27. The molecule has 0 amide bonds. The lowest BCUT2D eigenvalue weighted by Gasteiger charge is -2.04. The first-order valence-corrected chi connectivity index (χ1v) is 7.30. The summed E-state index contributed by atoms with van der Waals surface area (Å²) < 4.78 is 27.8. The van der Waals surface area contributed by atoms with Crippen molar-refractivity contribution in [1.29, 1.82) is 0 Å². The van der Waals surface area contributed by atoms with Crippen LogP contribution in [0, 0.1) is 0 Å². The van der Waals surface area contributed by atoms with Crippen LogP contribution in [0.4, 0.5) is 0 Å². The summed E-state index contributed by atoms with van der Waals surface area (Å²) >= 11 is 0. The zero-order chi connectivity index (χ0) is 14.8. The molecule has 0 fully saturated rings. The number of aromatic carboxylic acids is 1. The Bertz CT molecular complexity index is 741. The molecule has 0 atom stereocenters. The molecule has 0 aliphatic carbocycles. The van der Waals surface area contributed by atoms with Gasteiger partial charge in [-0.25, -0.2) is 18.2 Å². The minimum absolute atomic E-state index is 0.128. The summed E-state index contributed by atoms with van der Waals surface area (Å²) in [6.07, 6.45) is 2.36. The molecule has 0 bridgehead atoms. The van der Waals surface area contributed by atoms with Crippen LogP contribution >= 0.6 is 0 Å². The Balaban J connectivity index is 2.22. The first-order chi connectivity index (χ1) is 9.36. The average Bonchev–Trinajstić information content (AvgIpc) is 2.38. The Morgan fingerprint density at radius 2 is 1.85 bits per heavy atom. The summed E-state index contributed by atoms with van der Waals surface area (Å²) in [4.78, 5) is 18.4. The summed E-state index contributed by atoms with van der Waals surface area (Å²) in [5.74, 6) is -0.885. The van der Waals surface area contributed by atoms with Gasteiger partial charge >= 0.3 is 12.0 Å². The van der Waals surface area contributed by atoms with Gasteiger partial charge in [-0.05, 0) is 30.3 Å². The largest absolute Gasteiger partial charge is 0.477 e. The number of nitrogens with zero attached hydrogens (tertiary/aromatic N) is 2. The molecular weight excluding hydrogens is 284 g/mol. The second-order valence-electron chi connectivity index (χ2n) is 3.88. The molecule has 0 spiro atoms. The number of carboxylic acids is 1. The van der Waals surface area contributed by atoms with Crippen molar-refractivity contribution in [3.05, 3.63) is 42.2 Å². The van der Waals surface area contributed by atoms with Crippen molar-refractivity contribution < 1.29 is 23.1 Å². The third-order valence-electron chi connectivity index (χ3n) is 2.31. The van der Waals surface area contributed by atoms with Gasteiger partial charge in [0.15, 0.2) is 15.5 Å². The van der Waals surface area contributed by atoms with E-state index in [9.17, 15) is 13.2 Å². The SMILES string of the molecule is CS(=O)(=O)c1ccc(Oc2nccc(C(=O)O)n2)cc1. The topological polar surface area (TPSA) is 106 Å². The standard InChI is InChI=1S/C12H10N2O5S/c1-20(17,18)9-4-2-8(3-5-9)19-12-13-7-6-10(14-12)11(15)16/h2-7H,1H3,(H,15,16). The fraction of sp³-hybridized carbons (Fsp3) is 0.0833. The number of ether oxygens (including phenoxy) is 1. The molecule has 1 aromatic carbocycles. The van der Waals surface area contributed by atoms with Crippen molar-refractivity contribution in [2.75, 3.05) is 6.26 Å². The van der Waals surface area contributed by atoms with Gasteiger partial charge in [0.1, 0.15) is 5.75 Å². The number of carboxylic acid groups (broad SMARTS) is 1. The van der Waals surface area contributed by atoms with E-state index in [1.165, 1.54) is 36.5 Å². The van der Waals surface area contributed by atoms with E-state index in [1.54, 1.807) is 0 Å². The van der Waals surface area contributed by atoms with E-state index in [-0.39, 0.29) is 16.6 Å². The normalized spacial score (nSPS) is 11.1. The number of aromatic nitrogens is 2. The van der Waals surface area contributed by atoms with E-state index in [0.29, 0.717) is 5.75 Å². The number of rotatable bonds is 4. The maximum Gasteiger partial charge on any atom is 0.354 e. The van der Waals surface area contributed by atoms with Crippen molar-refractivity contribution in [3.63, 3.8) is 0 Å². The number of hydrogen-bond donors (Lipinski definition) is 1. The lowest BCUT2D eigenvalue weighted by molar-refractivity contribution is 0.0689. The van der Waals surface area contributed by atoms with Crippen LogP contribution in [0.5, 0.6) is 11.8 Å². The van der Waals surface area contributed by atoms with Gasteiger partial charge in [-0.2, -0.15) is 4.98 Å². The zero-order valence-corrected chi connectivity index (χ0v) is 11.2. The van der Waals surface area contributed by atoms with Crippen molar-refractivity contribution >= 4 is 15.8 Å². The molecule has 2 rings (SSSR count). The second kappa shape index (κ2) is 5.25. The number of benzene rings is 1. The number of hydrogen-bond acceptors (Lipinski definition) is 6. The van der Waals surface area contributed by atoms with E-state index >= 15 is 0 Å². The third-order valence-corrected chi connectivity index (χ3v) is 3.44. The predicted octanol–water partition coefficient (Wildman–Crippen LogP) is 1.37. The summed E-state index contributed by atoms with van der Waals surface area (Å²) in [5, 5.41) is 8.79. The Hall–Kier alpha value is -2.48. The molecule has 0 saturated carbocycles. The number of carbonyl (C=O) groups is 1. The Labute approximate surface area is 114 Å². The first-order valence-electron chi connectivity index (χ1n) is 5.40. The Morgan fingerprint density at radius 3 is 2.40 bits per heavy atom. The van der Waals surface area contributed by atoms with Crippen LogP contribution in [0.1, 0.15) is 10.5 Å². The fourth-order valence-corrected chi connectivity index (χ4v) is 2.00. The van der Waals surface area contributed by atoms with Crippen LogP contribution in [-0.4, -0.2) is 35.7 Å². The molecular formula is C12H10N2O5S. The Kier molecular flexibility index (Phi) is 3.66.